The van der Waals surface area contributed by atoms with Crippen LogP contribution in [0.5, 0.6) is 0 Å². The molecule has 1 saturated heterocycles. The summed E-state index contributed by atoms with van der Waals surface area (Å²) in [4.78, 5) is 12.6. The summed E-state index contributed by atoms with van der Waals surface area (Å²) in [6.45, 7) is 5.11. The SMILES string of the molecule is CCC(C)N1CC[C@H]1C(=O)O. The highest BCUT2D eigenvalue weighted by Gasteiger charge is 2.36. The minimum Gasteiger partial charge on any atom is -0.480 e. The lowest BCUT2D eigenvalue weighted by atomic mass is 9.99. The van der Waals surface area contributed by atoms with E-state index in [9.17, 15) is 4.79 Å². The molecule has 2 atom stereocenters. The molecule has 0 radical (unpaired) electrons. The monoisotopic (exact) mass is 157 g/mol. The zero-order valence-electron chi connectivity index (χ0n) is 7.08. The van der Waals surface area contributed by atoms with Gasteiger partial charge in [-0.1, -0.05) is 6.92 Å². The molecule has 0 saturated carbocycles. The molecule has 0 aromatic rings. The molecule has 11 heavy (non-hydrogen) atoms. The first kappa shape index (κ1) is 8.53. The minimum absolute atomic E-state index is 0.204. The molecule has 3 heteroatoms. The molecule has 0 aromatic carbocycles. The lowest BCUT2D eigenvalue weighted by molar-refractivity contribution is -0.149. The van der Waals surface area contributed by atoms with Gasteiger partial charge in [-0.25, -0.2) is 0 Å². The van der Waals surface area contributed by atoms with Crippen LogP contribution in [0.3, 0.4) is 0 Å². The summed E-state index contributed by atoms with van der Waals surface area (Å²) < 4.78 is 0. The molecule has 64 valence electrons. The first-order valence-electron chi connectivity index (χ1n) is 4.15. The molecule has 0 aliphatic carbocycles. The van der Waals surface area contributed by atoms with Crippen LogP contribution in [0.25, 0.3) is 0 Å². The zero-order valence-corrected chi connectivity index (χ0v) is 7.08. The van der Waals surface area contributed by atoms with E-state index in [1.54, 1.807) is 0 Å². The van der Waals surface area contributed by atoms with Crippen LogP contribution >= 0.6 is 0 Å². The fraction of sp³-hybridized carbons (Fsp3) is 0.875. The van der Waals surface area contributed by atoms with E-state index < -0.39 is 5.97 Å². The number of rotatable bonds is 3. The van der Waals surface area contributed by atoms with Crippen molar-refractivity contribution < 1.29 is 9.90 Å². The third-order valence-corrected chi connectivity index (χ3v) is 2.50. The Kier molecular flexibility index (Phi) is 2.49. The first-order chi connectivity index (χ1) is 5.16. The molecule has 3 nitrogen and oxygen atoms in total. The molecule has 0 aromatic heterocycles. The zero-order chi connectivity index (χ0) is 8.43. The van der Waals surface area contributed by atoms with Gasteiger partial charge in [0.25, 0.3) is 0 Å². The van der Waals surface area contributed by atoms with Crippen molar-refractivity contribution >= 4 is 5.97 Å². The summed E-state index contributed by atoms with van der Waals surface area (Å²) in [7, 11) is 0. The Balaban J connectivity index is 2.42. The maximum atomic E-state index is 10.6. The molecule has 1 unspecified atom stereocenters. The van der Waals surface area contributed by atoms with Crippen LogP contribution in [0.1, 0.15) is 26.7 Å². The number of carboxylic acid groups (broad SMARTS) is 1. The highest BCUT2D eigenvalue weighted by Crippen LogP contribution is 2.21. The minimum atomic E-state index is -0.670. The average Bonchev–Trinajstić information content (AvgIpc) is 1.83. The van der Waals surface area contributed by atoms with Crippen molar-refractivity contribution in [1.29, 1.82) is 0 Å². The lowest BCUT2D eigenvalue weighted by Crippen LogP contribution is -2.55. The Morgan fingerprint density at radius 3 is 2.73 bits per heavy atom. The van der Waals surface area contributed by atoms with Crippen LogP contribution in [0.4, 0.5) is 0 Å². The topological polar surface area (TPSA) is 40.5 Å². The van der Waals surface area contributed by atoms with Gasteiger partial charge in [0.1, 0.15) is 6.04 Å². The second kappa shape index (κ2) is 3.22. The number of nitrogens with zero attached hydrogens (tertiary/aromatic N) is 1. The normalized spacial score (nSPS) is 27.6. The quantitative estimate of drug-likeness (QED) is 0.663. The van der Waals surface area contributed by atoms with E-state index in [4.69, 9.17) is 5.11 Å². The highest BCUT2D eigenvalue weighted by molar-refractivity contribution is 5.74. The molecule has 0 bridgehead atoms. The summed E-state index contributed by atoms with van der Waals surface area (Å²) >= 11 is 0. The molecule has 0 amide bonds. The van der Waals surface area contributed by atoms with Crippen molar-refractivity contribution in [1.82, 2.24) is 4.90 Å². The lowest BCUT2D eigenvalue weighted by Gasteiger charge is -2.42. The van der Waals surface area contributed by atoms with Gasteiger partial charge in [0.05, 0.1) is 0 Å². The fourth-order valence-electron chi connectivity index (χ4n) is 1.43. The predicted octanol–water partition coefficient (Wildman–Crippen LogP) is 0.944. The number of hydrogen-bond donors (Lipinski definition) is 1. The maximum absolute atomic E-state index is 10.6. The third kappa shape index (κ3) is 1.53. The van der Waals surface area contributed by atoms with E-state index >= 15 is 0 Å². The van der Waals surface area contributed by atoms with E-state index in [1.165, 1.54) is 0 Å². The molecule has 0 spiro atoms. The Morgan fingerprint density at radius 1 is 1.82 bits per heavy atom. The van der Waals surface area contributed by atoms with Crippen molar-refractivity contribution in [3.8, 4) is 0 Å². The molecule has 1 aliphatic rings. The number of likely N-dealkylation sites (tertiary alicyclic amines) is 1. The molecule has 1 fully saturated rings. The van der Waals surface area contributed by atoms with Crippen molar-refractivity contribution in [2.45, 2.75) is 38.8 Å². The number of carboxylic acids is 1. The Hall–Kier alpha value is -0.570. The summed E-state index contributed by atoms with van der Waals surface area (Å²) in [5, 5.41) is 8.71. The average molecular weight is 157 g/mol. The summed E-state index contributed by atoms with van der Waals surface area (Å²) in [5.74, 6) is -0.670. The van der Waals surface area contributed by atoms with Crippen molar-refractivity contribution in [3.63, 3.8) is 0 Å². The number of aliphatic carboxylic acids is 1. The Bertz CT molecular complexity index is 158. The van der Waals surface area contributed by atoms with Crippen LogP contribution in [-0.4, -0.2) is 34.6 Å². The van der Waals surface area contributed by atoms with Crippen LogP contribution in [-0.2, 0) is 4.79 Å². The van der Waals surface area contributed by atoms with Gasteiger partial charge >= 0.3 is 5.97 Å². The van der Waals surface area contributed by atoms with Gasteiger partial charge in [-0.05, 0) is 19.8 Å². The van der Waals surface area contributed by atoms with Crippen molar-refractivity contribution in [2.75, 3.05) is 6.54 Å². The van der Waals surface area contributed by atoms with E-state index in [2.05, 4.69) is 13.8 Å². The van der Waals surface area contributed by atoms with Gasteiger partial charge in [-0.3, -0.25) is 9.69 Å². The number of hydrogen-bond acceptors (Lipinski definition) is 2. The van der Waals surface area contributed by atoms with Crippen LogP contribution in [0, 0.1) is 0 Å². The van der Waals surface area contributed by atoms with Gasteiger partial charge in [0.15, 0.2) is 0 Å². The molecule has 1 rings (SSSR count). The smallest absolute Gasteiger partial charge is 0.320 e. The maximum Gasteiger partial charge on any atom is 0.320 e. The fourth-order valence-corrected chi connectivity index (χ4v) is 1.43. The second-order valence-electron chi connectivity index (χ2n) is 3.14. The highest BCUT2D eigenvalue weighted by atomic mass is 16.4. The summed E-state index contributed by atoms with van der Waals surface area (Å²) in [6.07, 6.45) is 1.85. The van der Waals surface area contributed by atoms with Crippen molar-refractivity contribution in [3.05, 3.63) is 0 Å². The number of carbonyl (C=O) groups is 1. The van der Waals surface area contributed by atoms with Crippen molar-refractivity contribution in [2.24, 2.45) is 0 Å². The van der Waals surface area contributed by atoms with Gasteiger partial charge in [0, 0.05) is 12.6 Å². The second-order valence-corrected chi connectivity index (χ2v) is 3.14. The van der Waals surface area contributed by atoms with Gasteiger partial charge in [0.2, 0.25) is 0 Å². The largest absolute Gasteiger partial charge is 0.480 e. The van der Waals surface area contributed by atoms with Crippen LogP contribution in [0.2, 0.25) is 0 Å². The Labute approximate surface area is 67.0 Å². The standard InChI is InChI=1S/C8H15NO2/c1-3-6(2)9-5-4-7(9)8(10)11/h6-7H,3-5H2,1-2H3,(H,10,11)/t6?,7-/m0/s1. The van der Waals surface area contributed by atoms with E-state index in [0.717, 1.165) is 19.4 Å². The van der Waals surface area contributed by atoms with E-state index in [1.807, 2.05) is 4.90 Å². The molecule has 1 heterocycles. The molecular weight excluding hydrogens is 142 g/mol. The van der Waals surface area contributed by atoms with Gasteiger partial charge < -0.3 is 5.11 Å². The van der Waals surface area contributed by atoms with Crippen LogP contribution < -0.4 is 0 Å². The molecular formula is C8H15NO2. The first-order valence-corrected chi connectivity index (χ1v) is 4.15. The Morgan fingerprint density at radius 2 is 2.45 bits per heavy atom. The predicted molar refractivity (Wildman–Crippen MR) is 42.5 cm³/mol. The van der Waals surface area contributed by atoms with Gasteiger partial charge in [-0.15, -0.1) is 0 Å². The molecule has 1 N–H and O–H groups in total. The third-order valence-electron chi connectivity index (χ3n) is 2.50. The summed E-state index contributed by atoms with van der Waals surface area (Å²) in [5.41, 5.74) is 0. The van der Waals surface area contributed by atoms with Gasteiger partial charge in [-0.2, -0.15) is 0 Å². The summed E-state index contributed by atoms with van der Waals surface area (Å²) in [6, 6.07) is 0.217. The van der Waals surface area contributed by atoms with E-state index in [-0.39, 0.29) is 6.04 Å². The van der Waals surface area contributed by atoms with Crippen LogP contribution in [0.15, 0.2) is 0 Å². The molecule has 1 aliphatic heterocycles. The van der Waals surface area contributed by atoms with E-state index in [0.29, 0.717) is 6.04 Å².